The first-order valence-corrected chi connectivity index (χ1v) is 7.91. The zero-order chi connectivity index (χ0) is 29.4. The van der Waals surface area contributed by atoms with Gasteiger partial charge in [0.25, 0.3) is 0 Å². The van der Waals surface area contributed by atoms with Crippen molar-refractivity contribution >= 4 is 11.9 Å². The van der Waals surface area contributed by atoms with Crippen molar-refractivity contribution in [2.45, 2.75) is 47.9 Å². The van der Waals surface area contributed by atoms with Crippen molar-refractivity contribution in [3.63, 3.8) is 0 Å². The molecule has 22 heteroatoms. The molecule has 0 aliphatic carbocycles. The average molecular weight is 580 g/mol. The molecule has 0 spiro atoms. The average Bonchev–Trinajstić information content (AvgIpc) is 2.66. The Balaban J connectivity index is 5.23. The summed E-state index contributed by atoms with van der Waals surface area (Å²) in [6.07, 6.45) is -15.6. The van der Waals surface area contributed by atoms with Crippen LogP contribution in [0.2, 0.25) is 0 Å². The number of rotatable bonds is 10. The van der Waals surface area contributed by atoms with E-state index in [0.717, 1.165) is 0 Å². The van der Waals surface area contributed by atoms with Crippen molar-refractivity contribution in [1.82, 2.24) is 0 Å². The largest absolute Gasteiger partial charge is 0.460 e. The second-order valence-electron chi connectivity index (χ2n) is 6.25. The molecular formula is C14H6F18O4. The van der Waals surface area contributed by atoms with Crippen molar-refractivity contribution in [3.8, 4) is 0 Å². The van der Waals surface area contributed by atoms with Gasteiger partial charge in [-0.3, -0.25) is 0 Å². The van der Waals surface area contributed by atoms with Gasteiger partial charge < -0.3 is 9.47 Å². The lowest BCUT2D eigenvalue weighted by atomic mass is 10.0. The minimum atomic E-state index is -7.36. The summed E-state index contributed by atoms with van der Waals surface area (Å²) in [5, 5.41) is 0. The molecule has 0 aliphatic heterocycles. The van der Waals surface area contributed by atoms with E-state index in [1.54, 1.807) is 0 Å². The van der Waals surface area contributed by atoms with Crippen LogP contribution in [-0.2, 0) is 19.1 Å². The number of carbonyl (C=O) groups is 2. The molecule has 0 saturated carbocycles. The monoisotopic (exact) mass is 580 g/mol. The molecular weight excluding hydrogens is 574 g/mol. The van der Waals surface area contributed by atoms with Crippen LogP contribution in [0.3, 0.4) is 0 Å². The van der Waals surface area contributed by atoms with Gasteiger partial charge in [-0.15, -0.1) is 0 Å². The standard InChI is InChI=1S/C14H6F18O4/c15-7(16,9(19,20)11(23,24)13(27,28)29)3-35-5(33)1-2-6(34)36-4-8(17,18)10(21,22)12(25,26)14(30,31)32/h1-2H,3-4H2/b2-1+. The molecule has 0 aromatic carbocycles. The van der Waals surface area contributed by atoms with Gasteiger partial charge in [-0.25, -0.2) is 9.59 Å². The number of halogens is 18. The molecule has 0 amide bonds. The molecule has 0 aromatic rings. The molecule has 0 bridgehead atoms. The second-order valence-corrected chi connectivity index (χ2v) is 6.25. The van der Waals surface area contributed by atoms with Crippen LogP contribution in [0.4, 0.5) is 79.0 Å². The van der Waals surface area contributed by atoms with Gasteiger partial charge in [0.1, 0.15) is 0 Å². The Labute approximate surface area is 184 Å². The van der Waals surface area contributed by atoms with E-state index in [0.29, 0.717) is 0 Å². The maximum atomic E-state index is 13.1. The molecule has 0 aromatic heterocycles. The smallest absolute Gasteiger partial charge is 0.456 e. The number of ether oxygens (including phenoxy) is 2. The maximum Gasteiger partial charge on any atom is 0.460 e. The van der Waals surface area contributed by atoms with Crippen molar-refractivity contribution in [2.24, 2.45) is 0 Å². The maximum absolute atomic E-state index is 13.1. The van der Waals surface area contributed by atoms with E-state index in [2.05, 4.69) is 9.47 Å². The Morgan fingerprint density at radius 1 is 0.444 bits per heavy atom. The lowest BCUT2D eigenvalue weighted by molar-refractivity contribution is -0.398. The van der Waals surface area contributed by atoms with Crippen molar-refractivity contribution in [2.75, 3.05) is 13.2 Å². The predicted octanol–water partition coefficient (Wildman–Crippen LogP) is 5.57. The van der Waals surface area contributed by atoms with E-state index in [1.165, 1.54) is 0 Å². The van der Waals surface area contributed by atoms with Crippen LogP contribution in [-0.4, -0.2) is 73.0 Å². The summed E-state index contributed by atoms with van der Waals surface area (Å²) >= 11 is 0. The van der Waals surface area contributed by atoms with Gasteiger partial charge in [0.15, 0.2) is 13.2 Å². The van der Waals surface area contributed by atoms with Crippen LogP contribution in [0.1, 0.15) is 0 Å². The van der Waals surface area contributed by atoms with Gasteiger partial charge in [-0.05, 0) is 0 Å². The van der Waals surface area contributed by atoms with Gasteiger partial charge >= 0.3 is 59.8 Å². The summed E-state index contributed by atoms with van der Waals surface area (Å²) in [6, 6.07) is 0. The number of alkyl halides is 18. The summed E-state index contributed by atoms with van der Waals surface area (Å²) < 4.78 is 232. The van der Waals surface area contributed by atoms with Crippen molar-refractivity contribution < 1.29 is 98.1 Å². The molecule has 0 radical (unpaired) electrons. The molecule has 0 rings (SSSR count). The SMILES string of the molecule is O=C(/C=C/C(=O)OCC(F)(F)C(F)(F)C(F)(F)C(F)(F)F)OCC(F)(F)C(F)(F)C(F)(F)C(F)(F)F. The summed E-state index contributed by atoms with van der Waals surface area (Å²) in [5.41, 5.74) is 0. The van der Waals surface area contributed by atoms with Crippen LogP contribution in [0.25, 0.3) is 0 Å². The van der Waals surface area contributed by atoms with Crippen molar-refractivity contribution in [1.29, 1.82) is 0 Å². The van der Waals surface area contributed by atoms with Crippen LogP contribution in [0, 0.1) is 0 Å². The fourth-order valence-electron chi connectivity index (χ4n) is 1.55. The normalized spacial score (nSPS) is 15.3. The molecule has 0 fully saturated rings. The van der Waals surface area contributed by atoms with Gasteiger partial charge in [0.05, 0.1) is 0 Å². The van der Waals surface area contributed by atoms with Crippen LogP contribution >= 0.6 is 0 Å². The Bertz CT molecular complexity index is 770. The molecule has 0 heterocycles. The van der Waals surface area contributed by atoms with Crippen LogP contribution in [0.15, 0.2) is 12.2 Å². The first kappa shape index (κ1) is 33.4. The van der Waals surface area contributed by atoms with E-state index in [4.69, 9.17) is 0 Å². The van der Waals surface area contributed by atoms with Gasteiger partial charge in [0, 0.05) is 12.2 Å². The molecule has 0 N–H and O–H groups in total. The topological polar surface area (TPSA) is 52.6 Å². The van der Waals surface area contributed by atoms with E-state index in [-0.39, 0.29) is 0 Å². The van der Waals surface area contributed by atoms with Gasteiger partial charge in [-0.2, -0.15) is 79.0 Å². The molecule has 0 saturated heterocycles. The number of hydrogen-bond donors (Lipinski definition) is 0. The summed E-state index contributed by atoms with van der Waals surface area (Å²) in [7, 11) is 0. The fraction of sp³-hybridized carbons (Fsp3) is 0.714. The van der Waals surface area contributed by atoms with E-state index in [9.17, 15) is 88.6 Å². The minimum Gasteiger partial charge on any atom is -0.456 e. The number of esters is 2. The lowest BCUT2D eigenvalue weighted by Gasteiger charge is -2.33. The Morgan fingerprint density at radius 3 is 0.861 bits per heavy atom. The third-order valence-corrected chi connectivity index (χ3v) is 3.57. The summed E-state index contributed by atoms with van der Waals surface area (Å²) in [4.78, 5) is 21.9. The highest BCUT2D eigenvalue weighted by molar-refractivity contribution is 5.91. The highest BCUT2D eigenvalue weighted by Crippen LogP contribution is 2.54. The highest BCUT2D eigenvalue weighted by atomic mass is 19.4. The third kappa shape index (κ3) is 6.21. The zero-order valence-corrected chi connectivity index (χ0v) is 16.0. The zero-order valence-electron chi connectivity index (χ0n) is 16.0. The molecule has 0 aliphatic rings. The van der Waals surface area contributed by atoms with Crippen LogP contribution in [0.5, 0.6) is 0 Å². The molecule has 212 valence electrons. The molecule has 36 heavy (non-hydrogen) atoms. The van der Waals surface area contributed by atoms with E-state index < -0.39 is 85.2 Å². The van der Waals surface area contributed by atoms with Crippen LogP contribution < -0.4 is 0 Å². The lowest BCUT2D eigenvalue weighted by Crippen LogP contribution is -2.62. The summed E-state index contributed by atoms with van der Waals surface area (Å²) in [5.74, 6) is -46.9. The van der Waals surface area contributed by atoms with Crippen molar-refractivity contribution in [3.05, 3.63) is 12.2 Å². The second kappa shape index (κ2) is 9.71. The van der Waals surface area contributed by atoms with E-state index >= 15 is 0 Å². The predicted molar refractivity (Wildman–Crippen MR) is 72.9 cm³/mol. The third-order valence-electron chi connectivity index (χ3n) is 3.57. The highest BCUT2D eigenvalue weighted by Gasteiger charge is 2.83. The molecule has 4 nitrogen and oxygen atoms in total. The quantitative estimate of drug-likeness (QED) is 0.193. The van der Waals surface area contributed by atoms with Gasteiger partial charge in [-0.1, -0.05) is 0 Å². The Kier molecular flexibility index (Phi) is 9.01. The van der Waals surface area contributed by atoms with E-state index in [1.807, 2.05) is 0 Å². The molecule has 0 unspecified atom stereocenters. The fourth-order valence-corrected chi connectivity index (χ4v) is 1.55. The Morgan fingerprint density at radius 2 is 0.667 bits per heavy atom. The first-order valence-electron chi connectivity index (χ1n) is 7.91. The Hall–Kier alpha value is -2.58. The summed E-state index contributed by atoms with van der Waals surface area (Å²) in [6.45, 7) is -6.42. The van der Waals surface area contributed by atoms with Gasteiger partial charge in [0.2, 0.25) is 0 Å². The number of carbonyl (C=O) groups excluding carboxylic acids is 2. The first-order chi connectivity index (χ1) is 15.5. The minimum absolute atomic E-state index is 0.570. The number of hydrogen-bond acceptors (Lipinski definition) is 4. The molecule has 0 atom stereocenters.